The van der Waals surface area contributed by atoms with Crippen molar-refractivity contribution < 1.29 is 4.42 Å². The Hall–Kier alpha value is -7.95. The Morgan fingerprint density at radius 1 is 0.305 bits per heavy atom. The third-order valence-electron chi connectivity index (χ3n) is 11.1. The summed E-state index contributed by atoms with van der Waals surface area (Å²) in [6.45, 7) is 0. The highest BCUT2D eigenvalue weighted by Gasteiger charge is 2.20. The molecule has 0 fully saturated rings. The second kappa shape index (κ2) is 14.5. The van der Waals surface area contributed by atoms with Crippen molar-refractivity contribution in [2.75, 3.05) is 0 Å². The van der Waals surface area contributed by atoms with Crippen molar-refractivity contribution in [1.29, 1.82) is 0 Å². The van der Waals surface area contributed by atoms with Crippen LogP contribution in [0.15, 0.2) is 217 Å². The zero-order valence-corrected chi connectivity index (χ0v) is 32.0. The van der Waals surface area contributed by atoms with E-state index in [9.17, 15) is 0 Å². The zero-order chi connectivity index (χ0) is 39.1. The summed E-state index contributed by atoms with van der Waals surface area (Å²) in [5.41, 5.74) is 13.7. The molecule has 11 rings (SSSR count). The quantitative estimate of drug-likeness (QED) is 0.163. The molecule has 4 nitrogen and oxygen atoms in total. The molecule has 0 amide bonds. The van der Waals surface area contributed by atoms with Crippen molar-refractivity contribution in [1.82, 2.24) is 15.0 Å². The van der Waals surface area contributed by atoms with Crippen LogP contribution in [-0.2, 0) is 0 Å². The molecule has 0 radical (unpaired) electrons. The largest absolute Gasteiger partial charge is 0.455 e. The summed E-state index contributed by atoms with van der Waals surface area (Å²) in [7, 11) is 0. The Balaban J connectivity index is 1.07. The monoisotopic (exact) mass is 753 g/mol. The van der Waals surface area contributed by atoms with Gasteiger partial charge in [0.1, 0.15) is 11.2 Å². The molecule has 0 aliphatic carbocycles. The van der Waals surface area contributed by atoms with Gasteiger partial charge in [0.05, 0.1) is 0 Å². The molecule has 0 saturated carbocycles. The molecule has 59 heavy (non-hydrogen) atoms. The topological polar surface area (TPSA) is 51.8 Å². The van der Waals surface area contributed by atoms with Crippen LogP contribution in [0.4, 0.5) is 0 Å². The molecule has 2 aromatic heterocycles. The summed E-state index contributed by atoms with van der Waals surface area (Å²) in [4.78, 5) is 15.4. The van der Waals surface area contributed by atoms with Crippen molar-refractivity contribution >= 4 is 32.7 Å². The highest BCUT2D eigenvalue weighted by molar-refractivity contribution is 6.18. The van der Waals surface area contributed by atoms with E-state index in [1.165, 1.54) is 33.4 Å². The first kappa shape index (κ1) is 34.3. The third-order valence-corrected chi connectivity index (χ3v) is 11.1. The lowest BCUT2D eigenvalue weighted by atomic mass is 9.84. The molecule has 4 heteroatoms. The van der Waals surface area contributed by atoms with E-state index in [-0.39, 0.29) is 0 Å². The first-order valence-corrected chi connectivity index (χ1v) is 19.9. The molecule has 276 valence electrons. The summed E-state index contributed by atoms with van der Waals surface area (Å²) >= 11 is 0. The minimum Gasteiger partial charge on any atom is -0.455 e. The van der Waals surface area contributed by atoms with E-state index in [2.05, 4.69) is 170 Å². The summed E-state index contributed by atoms with van der Waals surface area (Å²) in [6.07, 6.45) is 0. The van der Waals surface area contributed by atoms with Gasteiger partial charge in [-0.2, -0.15) is 0 Å². The van der Waals surface area contributed by atoms with Crippen molar-refractivity contribution in [2.45, 2.75) is 0 Å². The summed E-state index contributed by atoms with van der Waals surface area (Å²) in [5, 5.41) is 4.24. The second-order valence-electron chi connectivity index (χ2n) is 14.7. The van der Waals surface area contributed by atoms with Crippen LogP contribution in [0.2, 0.25) is 0 Å². The molecule has 0 saturated heterocycles. The molecule has 9 aromatic carbocycles. The lowest BCUT2D eigenvalue weighted by Crippen LogP contribution is -2.00. The number of furan rings is 1. The Kier molecular flexibility index (Phi) is 8.45. The van der Waals surface area contributed by atoms with E-state index in [0.717, 1.165) is 60.5 Å². The Labute approximate surface area is 341 Å². The lowest BCUT2D eigenvalue weighted by Gasteiger charge is -2.19. The molecule has 0 aliphatic rings. The molecule has 0 spiro atoms. The number of hydrogen-bond acceptors (Lipinski definition) is 4. The second-order valence-corrected chi connectivity index (χ2v) is 14.7. The third kappa shape index (κ3) is 6.24. The minimum absolute atomic E-state index is 0.593. The fourth-order valence-corrected chi connectivity index (χ4v) is 8.31. The van der Waals surface area contributed by atoms with Crippen LogP contribution in [0.5, 0.6) is 0 Å². The van der Waals surface area contributed by atoms with Gasteiger partial charge in [-0.1, -0.05) is 188 Å². The van der Waals surface area contributed by atoms with Gasteiger partial charge in [-0.05, 0) is 74.2 Å². The molecule has 0 atom stereocenters. The van der Waals surface area contributed by atoms with Crippen molar-refractivity contribution in [3.8, 4) is 78.7 Å². The Morgan fingerprint density at radius 3 is 1.44 bits per heavy atom. The first-order valence-electron chi connectivity index (χ1n) is 19.9. The fourth-order valence-electron chi connectivity index (χ4n) is 8.31. The van der Waals surface area contributed by atoms with Crippen LogP contribution in [0.3, 0.4) is 0 Å². The van der Waals surface area contributed by atoms with E-state index in [0.29, 0.717) is 17.5 Å². The van der Waals surface area contributed by atoms with E-state index in [1.54, 1.807) is 0 Å². The fraction of sp³-hybridized carbons (Fsp3) is 0. The van der Waals surface area contributed by atoms with E-state index >= 15 is 0 Å². The lowest BCUT2D eigenvalue weighted by molar-refractivity contribution is 0.672. The van der Waals surface area contributed by atoms with Crippen LogP contribution in [0, 0.1) is 0 Å². The molecule has 0 aliphatic heterocycles. The van der Waals surface area contributed by atoms with Crippen molar-refractivity contribution in [3.63, 3.8) is 0 Å². The maximum atomic E-state index is 6.55. The van der Waals surface area contributed by atoms with Gasteiger partial charge in [-0.25, -0.2) is 15.0 Å². The number of rotatable bonds is 7. The Morgan fingerprint density at radius 2 is 0.814 bits per heavy atom. The van der Waals surface area contributed by atoms with Gasteiger partial charge in [-0.3, -0.25) is 0 Å². The SMILES string of the molecule is c1ccc(-c2nc(-c3ccc(-c4cc(-c5ccccc5)c(-c5ccccc5)c(-c5ccccc5)c4)cc3)nc(-c3cccc4oc5c6ccccc6ccc5c34)n2)cc1. The van der Waals surface area contributed by atoms with Crippen molar-refractivity contribution in [3.05, 3.63) is 212 Å². The highest BCUT2D eigenvalue weighted by Crippen LogP contribution is 2.44. The number of hydrogen-bond donors (Lipinski definition) is 0. The maximum absolute atomic E-state index is 6.55. The number of fused-ring (bicyclic) bond motifs is 5. The molecular weight excluding hydrogens is 719 g/mol. The highest BCUT2D eigenvalue weighted by atomic mass is 16.3. The van der Waals surface area contributed by atoms with Crippen molar-refractivity contribution in [2.24, 2.45) is 0 Å². The predicted molar refractivity (Wildman–Crippen MR) is 243 cm³/mol. The number of benzene rings is 9. The minimum atomic E-state index is 0.593. The smallest absolute Gasteiger partial charge is 0.164 e. The van der Waals surface area contributed by atoms with Gasteiger partial charge < -0.3 is 4.42 Å². The van der Waals surface area contributed by atoms with Crippen LogP contribution in [0.25, 0.3) is 111 Å². The summed E-state index contributed by atoms with van der Waals surface area (Å²) in [6, 6.07) is 74.2. The number of nitrogens with zero attached hydrogens (tertiary/aromatic N) is 3. The summed E-state index contributed by atoms with van der Waals surface area (Å²) < 4.78 is 6.55. The van der Waals surface area contributed by atoms with Gasteiger partial charge in [0, 0.05) is 32.8 Å². The molecule has 0 N–H and O–H groups in total. The zero-order valence-electron chi connectivity index (χ0n) is 32.0. The number of aromatic nitrogens is 3. The normalized spacial score (nSPS) is 11.4. The average molecular weight is 754 g/mol. The van der Waals surface area contributed by atoms with Crippen LogP contribution in [-0.4, -0.2) is 15.0 Å². The van der Waals surface area contributed by atoms with Gasteiger partial charge in [0.25, 0.3) is 0 Å². The molecule has 11 aromatic rings. The van der Waals surface area contributed by atoms with E-state index in [4.69, 9.17) is 19.4 Å². The van der Waals surface area contributed by atoms with E-state index in [1.807, 2.05) is 42.5 Å². The van der Waals surface area contributed by atoms with Gasteiger partial charge in [0.2, 0.25) is 0 Å². The molecule has 0 unspecified atom stereocenters. The summed E-state index contributed by atoms with van der Waals surface area (Å²) in [5.74, 6) is 1.81. The van der Waals surface area contributed by atoms with Crippen LogP contribution < -0.4 is 0 Å². The van der Waals surface area contributed by atoms with Gasteiger partial charge in [-0.15, -0.1) is 0 Å². The van der Waals surface area contributed by atoms with Crippen LogP contribution in [0.1, 0.15) is 0 Å². The molecular formula is C55H35N3O. The van der Waals surface area contributed by atoms with E-state index < -0.39 is 0 Å². The predicted octanol–water partition coefficient (Wildman–Crippen LogP) is 14.6. The molecule has 2 heterocycles. The maximum Gasteiger partial charge on any atom is 0.164 e. The molecule has 0 bridgehead atoms. The Bertz CT molecular complexity index is 3230. The average Bonchev–Trinajstić information content (AvgIpc) is 3.72. The van der Waals surface area contributed by atoms with Crippen LogP contribution >= 0.6 is 0 Å². The van der Waals surface area contributed by atoms with Gasteiger partial charge >= 0.3 is 0 Å². The van der Waals surface area contributed by atoms with Gasteiger partial charge in [0.15, 0.2) is 17.5 Å². The standard InChI is InChI=1S/C55H35N3O/c1-5-16-37(17-6-1)47-34-43(35-48(38-18-7-2-8-19-38)50(47)40-21-9-3-10-22-40)36-28-30-42(31-29-36)54-56-53(41-23-11-4-12-24-41)57-55(58-54)46-26-15-27-49-51(46)45-33-32-39-20-13-14-25-44(39)52(45)59-49/h1-35H. The first-order chi connectivity index (χ1) is 29.2.